The summed E-state index contributed by atoms with van der Waals surface area (Å²) in [5, 5.41) is 8.88. The van der Waals surface area contributed by atoms with Crippen LogP contribution in [0, 0.1) is 5.92 Å². The molecule has 0 aromatic heterocycles. The maximum absolute atomic E-state index is 13.3. The number of hydrogen-bond donors (Lipinski definition) is 1. The van der Waals surface area contributed by atoms with Gasteiger partial charge in [0.1, 0.15) is 17.7 Å². The van der Waals surface area contributed by atoms with Crippen LogP contribution in [0.5, 0.6) is 0 Å². The molecule has 1 saturated heterocycles. The van der Waals surface area contributed by atoms with E-state index in [4.69, 9.17) is 5.11 Å². The third-order valence-electron chi connectivity index (χ3n) is 3.08. The molecule has 1 rings (SSSR count). The minimum atomic E-state index is -3.47. The van der Waals surface area contributed by atoms with Gasteiger partial charge in [0, 0.05) is 6.54 Å². The van der Waals surface area contributed by atoms with Crippen molar-refractivity contribution in [1.29, 1.82) is 0 Å². The fraction of sp³-hybridized carbons (Fsp3) is 0.727. The van der Waals surface area contributed by atoms with Crippen LogP contribution in [0.4, 0.5) is 13.2 Å². The van der Waals surface area contributed by atoms with E-state index in [1.807, 2.05) is 0 Å². The van der Waals surface area contributed by atoms with Gasteiger partial charge in [-0.2, -0.15) is 0 Å². The lowest BCUT2D eigenvalue weighted by atomic mass is 9.97. The molecule has 1 aliphatic rings. The van der Waals surface area contributed by atoms with Gasteiger partial charge in [0.05, 0.1) is 0 Å². The normalized spacial score (nSPS) is 22.4. The van der Waals surface area contributed by atoms with Gasteiger partial charge in [-0.15, -0.1) is 0 Å². The lowest BCUT2D eigenvalue weighted by Gasteiger charge is -2.26. The summed E-state index contributed by atoms with van der Waals surface area (Å²) in [5.41, 5.74) is 0. The molecule has 1 aliphatic heterocycles. The molecule has 0 saturated carbocycles. The second kappa shape index (κ2) is 6.03. The summed E-state index contributed by atoms with van der Waals surface area (Å²) in [6.07, 6.45) is -5.85. The van der Waals surface area contributed by atoms with Crippen LogP contribution in [0.3, 0.4) is 0 Å². The molecular weight excluding hydrogens is 267 g/mol. The number of halogens is 3. The number of hydrogen-bond acceptors (Lipinski definition) is 3. The topological polar surface area (TPSA) is 74.7 Å². The Bertz CT molecular complexity index is 388. The number of carboxylic acid groups (broad SMARTS) is 1. The Balaban J connectivity index is 2.94. The molecule has 19 heavy (non-hydrogen) atoms. The van der Waals surface area contributed by atoms with Gasteiger partial charge in [-0.3, -0.25) is 9.59 Å². The van der Waals surface area contributed by atoms with Gasteiger partial charge >= 0.3 is 5.97 Å². The summed E-state index contributed by atoms with van der Waals surface area (Å²) >= 11 is 0. The van der Waals surface area contributed by atoms with Gasteiger partial charge in [-0.05, 0) is 19.8 Å². The summed E-state index contributed by atoms with van der Waals surface area (Å²) in [6, 6.07) is -1.18. The smallest absolute Gasteiger partial charge is 0.326 e. The fourth-order valence-corrected chi connectivity index (χ4v) is 2.15. The van der Waals surface area contributed by atoms with Gasteiger partial charge < -0.3 is 10.0 Å². The molecule has 0 aromatic rings. The summed E-state index contributed by atoms with van der Waals surface area (Å²) in [6.45, 7) is 0.860. The number of aliphatic carboxylic acids is 1. The molecule has 1 heterocycles. The number of carbonyl (C=O) groups is 3. The minimum Gasteiger partial charge on any atom is -0.480 e. The van der Waals surface area contributed by atoms with Crippen molar-refractivity contribution in [3.05, 3.63) is 0 Å². The molecule has 1 fully saturated rings. The zero-order chi connectivity index (χ0) is 14.7. The molecule has 0 spiro atoms. The highest BCUT2D eigenvalue weighted by atomic mass is 19.3. The van der Waals surface area contributed by atoms with Gasteiger partial charge in [0.15, 0.2) is 6.17 Å². The molecule has 0 aliphatic carbocycles. The van der Waals surface area contributed by atoms with Crippen LogP contribution in [0.2, 0.25) is 0 Å². The van der Waals surface area contributed by atoms with Crippen LogP contribution < -0.4 is 0 Å². The Morgan fingerprint density at radius 1 is 1.26 bits per heavy atom. The highest BCUT2D eigenvalue weighted by Gasteiger charge is 2.44. The third kappa shape index (κ3) is 3.24. The van der Waals surface area contributed by atoms with Gasteiger partial charge in [-0.1, -0.05) is 0 Å². The third-order valence-corrected chi connectivity index (χ3v) is 3.08. The number of rotatable bonds is 5. The quantitative estimate of drug-likeness (QED) is 0.759. The molecule has 1 N–H and O–H groups in total. The van der Waals surface area contributed by atoms with Crippen LogP contribution in [0.15, 0.2) is 0 Å². The Morgan fingerprint density at radius 3 is 2.26 bits per heavy atom. The van der Waals surface area contributed by atoms with Crippen molar-refractivity contribution >= 4 is 17.7 Å². The van der Waals surface area contributed by atoms with E-state index < -0.39 is 42.2 Å². The highest BCUT2D eigenvalue weighted by Crippen LogP contribution is 2.25. The Morgan fingerprint density at radius 2 is 1.84 bits per heavy atom. The molecule has 8 heteroatoms. The first-order valence-corrected chi connectivity index (χ1v) is 5.73. The largest absolute Gasteiger partial charge is 0.480 e. The Kier molecular flexibility index (Phi) is 4.90. The summed E-state index contributed by atoms with van der Waals surface area (Å²) in [7, 11) is 0. The van der Waals surface area contributed by atoms with E-state index in [9.17, 15) is 27.6 Å². The van der Waals surface area contributed by atoms with E-state index in [1.165, 1.54) is 0 Å². The number of alkyl halides is 3. The van der Waals surface area contributed by atoms with Crippen molar-refractivity contribution in [2.45, 2.75) is 38.4 Å². The first-order valence-electron chi connectivity index (χ1n) is 5.73. The van der Waals surface area contributed by atoms with E-state index in [-0.39, 0.29) is 13.0 Å². The molecule has 1 amide bonds. The van der Waals surface area contributed by atoms with Crippen LogP contribution in [-0.2, 0) is 14.4 Å². The Labute approximate surface area is 107 Å². The zero-order valence-corrected chi connectivity index (χ0v) is 10.2. The van der Waals surface area contributed by atoms with Gasteiger partial charge in [-0.25, -0.2) is 18.0 Å². The zero-order valence-electron chi connectivity index (χ0n) is 10.2. The number of likely N-dealkylation sites (tertiary alicyclic amines) is 1. The summed E-state index contributed by atoms with van der Waals surface area (Å²) < 4.78 is 38.0. The minimum absolute atomic E-state index is 0.0234. The van der Waals surface area contributed by atoms with Crippen molar-refractivity contribution < 1.29 is 32.7 Å². The predicted octanol–water partition coefficient (Wildman–Crippen LogP) is 0.870. The van der Waals surface area contributed by atoms with Gasteiger partial charge in [0.2, 0.25) is 5.91 Å². The average Bonchev–Trinajstić information content (AvgIpc) is 2.76. The van der Waals surface area contributed by atoms with Crippen LogP contribution in [0.25, 0.3) is 0 Å². The molecule has 108 valence electrons. The van der Waals surface area contributed by atoms with Crippen molar-refractivity contribution in [1.82, 2.24) is 4.90 Å². The SMILES string of the molecule is CC(=O)C(C(=O)N1CCC[C@H]1C(=O)O)C(F)C(F)F. The van der Waals surface area contributed by atoms with Crippen molar-refractivity contribution in [2.75, 3.05) is 6.54 Å². The second-order valence-corrected chi connectivity index (χ2v) is 4.40. The lowest BCUT2D eigenvalue weighted by molar-refractivity contribution is -0.154. The van der Waals surface area contributed by atoms with Crippen molar-refractivity contribution in [3.8, 4) is 0 Å². The van der Waals surface area contributed by atoms with E-state index in [0.717, 1.165) is 11.8 Å². The predicted molar refractivity (Wildman–Crippen MR) is 57.4 cm³/mol. The lowest BCUT2D eigenvalue weighted by Crippen LogP contribution is -2.49. The van der Waals surface area contributed by atoms with Crippen LogP contribution in [-0.4, -0.2) is 52.8 Å². The van der Waals surface area contributed by atoms with E-state index in [2.05, 4.69) is 0 Å². The maximum Gasteiger partial charge on any atom is 0.326 e. The molecule has 3 atom stereocenters. The first kappa shape index (κ1) is 15.5. The highest BCUT2D eigenvalue weighted by molar-refractivity contribution is 6.02. The molecule has 2 unspecified atom stereocenters. The number of carboxylic acids is 1. The van der Waals surface area contributed by atoms with E-state index in [0.29, 0.717) is 6.42 Å². The molecular formula is C11H14F3NO4. The molecule has 0 bridgehead atoms. The monoisotopic (exact) mass is 281 g/mol. The number of Topliss-reactive ketones (excluding diaryl/α,β-unsaturated/α-hetero) is 1. The number of carbonyl (C=O) groups excluding carboxylic acids is 2. The number of nitrogens with zero attached hydrogens (tertiary/aromatic N) is 1. The number of ketones is 1. The first-order chi connectivity index (χ1) is 8.77. The number of amides is 1. The Hall–Kier alpha value is -1.60. The van der Waals surface area contributed by atoms with Crippen LogP contribution >= 0.6 is 0 Å². The van der Waals surface area contributed by atoms with E-state index >= 15 is 0 Å². The average molecular weight is 281 g/mol. The molecule has 0 radical (unpaired) electrons. The van der Waals surface area contributed by atoms with Crippen molar-refractivity contribution in [2.24, 2.45) is 5.92 Å². The fourth-order valence-electron chi connectivity index (χ4n) is 2.15. The molecule has 5 nitrogen and oxygen atoms in total. The van der Waals surface area contributed by atoms with Gasteiger partial charge in [0.25, 0.3) is 6.43 Å². The van der Waals surface area contributed by atoms with E-state index in [1.54, 1.807) is 0 Å². The summed E-state index contributed by atoms with van der Waals surface area (Å²) in [4.78, 5) is 34.8. The standard InChI is InChI=1S/C11H14F3NO4/c1-5(16)7(8(12)9(13)14)10(17)15-4-2-3-6(15)11(18)19/h6-9H,2-4H2,1H3,(H,18,19)/t6-,7?,8?/m0/s1. The maximum atomic E-state index is 13.3. The summed E-state index contributed by atoms with van der Waals surface area (Å²) in [5.74, 6) is -5.64. The molecule has 0 aromatic carbocycles. The second-order valence-electron chi connectivity index (χ2n) is 4.40. The van der Waals surface area contributed by atoms with Crippen LogP contribution in [0.1, 0.15) is 19.8 Å². The van der Waals surface area contributed by atoms with Crippen molar-refractivity contribution in [3.63, 3.8) is 0 Å².